The van der Waals surface area contributed by atoms with E-state index in [-0.39, 0.29) is 26.1 Å². The standard InChI is InChI=1S/C18H29N2O6PS/c1-4-25-27(23,26-5-2)14-19-17(21)16(11-12-28-3)20-18(22)24-13-15-9-7-6-8-10-15/h6-10,16H,4-5,11-14H2,1-3H3,(H,19,21)(H,20,22). The molecule has 158 valence electrons. The van der Waals surface area contributed by atoms with Gasteiger partial charge < -0.3 is 24.4 Å². The highest BCUT2D eigenvalue weighted by Gasteiger charge is 2.27. The van der Waals surface area contributed by atoms with E-state index in [0.29, 0.717) is 12.2 Å². The van der Waals surface area contributed by atoms with E-state index in [9.17, 15) is 14.2 Å². The lowest BCUT2D eigenvalue weighted by Crippen LogP contribution is -2.47. The molecule has 10 heteroatoms. The first kappa shape index (κ1) is 24.5. The molecule has 0 saturated carbocycles. The number of hydrogen-bond acceptors (Lipinski definition) is 7. The van der Waals surface area contributed by atoms with E-state index in [1.807, 2.05) is 36.6 Å². The summed E-state index contributed by atoms with van der Waals surface area (Å²) in [6.07, 6.45) is 1.36. The molecule has 0 aliphatic heterocycles. The van der Waals surface area contributed by atoms with Crippen LogP contribution in [0.5, 0.6) is 0 Å². The molecule has 28 heavy (non-hydrogen) atoms. The summed E-state index contributed by atoms with van der Waals surface area (Å²) >= 11 is 1.55. The molecule has 0 aliphatic carbocycles. The van der Waals surface area contributed by atoms with Gasteiger partial charge in [0.1, 0.15) is 18.9 Å². The van der Waals surface area contributed by atoms with Crippen LogP contribution in [-0.2, 0) is 29.8 Å². The molecular weight excluding hydrogens is 403 g/mol. The lowest BCUT2D eigenvalue weighted by atomic mass is 10.2. The third kappa shape index (κ3) is 9.59. The van der Waals surface area contributed by atoms with Gasteiger partial charge >= 0.3 is 13.7 Å². The van der Waals surface area contributed by atoms with Crippen LogP contribution in [0, 0.1) is 0 Å². The Morgan fingerprint density at radius 1 is 1.14 bits per heavy atom. The first-order valence-electron chi connectivity index (χ1n) is 9.06. The molecule has 2 amide bonds. The van der Waals surface area contributed by atoms with Crippen LogP contribution in [0.25, 0.3) is 0 Å². The predicted octanol–water partition coefficient (Wildman–Crippen LogP) is 3.37. The van der Waals surface area contributed by atoms with Gasteiger partial charge in [0.05, 0.1) is 13.2 Å². The van der Waals surface area contributed by atoms with Gasteiger partial charge in [0.15, 0.2) is 0 Å². The van der Waals surface area contributed by atoms with Crippen molar-refractivity contribution in [3.8, 4) is 0 Å². The number of rotatable bonds is 13. The SMILES string of the molecule is CCOP(=O)(CNC(=O)C(CCSC)NC(=O)OCc1ccccc1)OCC. The minimum atomic E-state index is -3.41. The number of ether oxygens (including phenoxy) is 1. The van der Waals surface area contributed by atoms with Crippen molar-refractivity contribution in [3.63, 3.8) is 0 Å². The number of thioether (sulfide) groups is 1. The van der Waals surface area contributed by atoms with Crippen molar-refractivity contribution in [2.24, 2.45) is 0 Å². The van der Waals surface area contributed by atoms with E-state index in [0.717, 1.165) is 5.56 Å². The van der Waals surface area contributed by atoms with Crippen LogP contribution in [0.4, 0.5) is 4.79 Å². The molecule has 1 unspecified atom stereocenters. The minimum Gasteiger partial charge on any atom is -0.445 e. The monoisotopic (exact) mass is 432 g/mol. The molecule has 1 atom stereocenters. The Labute approximate surface area is 170 Å². The zero-order valence-electron chi connectivity index (χ0n) is 16.5. The van der Waals surface area contributed by atoms with Crippen molar-refractivity contribution in [2.75, 3.05) is 31.5 Å². The Kier molecular flexibility index (Phi) is 11.9. The highest BCUT2D eigenvalue weighted by molar-refractivity contribution is 7.98. The summed E-state index contributed by atoms with van der Waals surface area (Å²) in [6, 6.07) is 8.43. The van der Waals surface area contributed by atoms with E-state index in [4.69, 9.17) is 13.8 Å². The Morgan fingerprint density at radius 2 is 1.79 bits per heavy atom. The zero-order chi connectivity index (χ0) is 20.8. The molecule has 1 aromatic rings. The first-order chi connectivity index (χ1) is 13.4. The number of benzene rings is 1. The second-order valence-electron chi connectivity index (χ2n) is 5.69. The molecule has 0 fully saturated rings. The fraction of sp³-hybridized carbons (Fsp3) is 0.556. The van der Waals surface area contributed by atoms with E-state index in [2.05, 4.69) is 10.6 Å². The Balaban J connectivity index is 2.60. The molecule has 0 bridgehead atoms. The molecule has 0 aromatic heterocycles. The normalized spacial score (nSPS) is 12.2. The number of nitrogens with one attached hydrogen (secondary N) is 2. The molecule has 8 nitrogen and oxygen atoms in total. The van der Waals surface area contributed by atoms with Crippen molar-refractivity contribution in [2.45, 2.75) is 32.9 Å². The Hall–Kier alpha value is -1.54. The van der Waals surface area contributed by atoms with E-state index in [1.165, 1.54) is 0 Å². The van der Waals surface area contributed by atoms with Gasteiger partial charge in [0, 0.05) is 0 Å². The molecule has 0 aliphatic rings. The molecular formula is C18H29N2O6PS. The number of hydrogen-bond donors (Lipinski definition) is 2. The minimum absolute atomic E-state index is 0.105. The average Bonchev–Trinajstić information content (AvgIpc) is 2.69. The van der Waals surface area contributed by atoms with Crippen molar-refractivity contribution >= 4 is 31.4 Å². The average molecular weight is 432 g/mol. The first-order valence-corrected chi connectivity index (χ1v) is 12.2. The summed E-state index contributed by atoms with van der Waals surface area (Å²) < 4.78 is 27.9. The van der Waals surface area contributed by atoms with Gasteiger partial charge in [-0.15, -0.1) is 0 Å². The van der Waals surface area contributed by atoms with E-state index >= 15 is 0 Å². The molecule has 0 saturated heterocycles. The largest absolute Gasteiger partial charge is 0.445 e. The fourth-order valence-electron chi connectivity index (χ4n) is 2.23. The molecule has 1 rings (SSSR count). The van der Waals surface area contributed by atoms with Crippen molar-refractivity contribution in [1.82, 2.24) is 10.6 Å². The highest BCUT2D eigenvalue weighted by Crippen LogP contribution is 2.46. The smallest absolute Gasteiger partial charge is 0.408 e. The lowest BCUT2D eigenvalue weighted by molar-refractivity contribution is -0.122. The maximum Gasteiger partial charge on any atom is 0.408 e. The second kappa shape index (κ2) is 13.6. The third-order valence-electron chi connectivity index (χ3n) is 3.53. The maximum absolute atomic E-state index is 12.5. The van der Waals surface area contributed by atoms with Crippen molar-refractivity contribution in [1.29, 1.82) is 0 Å². The molecule has 2 N–H and O–H groups in total. The maximum atomic E-state index is 12.5. The lowest BCUT2D eigenvalue weighted by Gasteiger charge is -2.21. The summed E-state index contributed by atoms with van der Waals surface area (Å²) in [5, 5.41) is 5.11. The van der Waals surface area contributed by atoms with Crippen LogP contribution in [0.2, 0.25) is 0 Å². The Morgan fingerprint density at radius 3 is 2.36 bits per heavy atom. The highest BCUT2D eigenvalue weighted by atomic mass is 32.2. The Bertz CT molecular complexity index is 636. The number of carbonyl (C=O) groups is 2. The van der Waals surface area contributed by atoms with E-state index in [1.54, 1.807) is 25.6 Å². The third-order valence-corrected chi connectivity index (χ3v) is 6.02. The number of carbonyl (C=O) groups excluding carboxylic acids is 2. The van der Waals surface area contributed by atoms with E-state index < -0.39 is 25.6 Å². The van der Waals surface area contributed by atoms with Gasteiger partial charge in [-0.25, -0.2) is 4.79 Å². The topological polar surface area (TPSA) is 103 Å². The van der Waals surface area contributed by atoms with Gasteiger partial charge in [-0.1, -0.05) is 30.3 Å². The van der Waals surface area contributed by atoms with Gasteiger partial charge in [-0.2, -0.15) is 11.8 Å². The van der Waals surface area contributed by atoms with Crippen LogP contribution in [-0.4, -0.2) is 49.6 Å². The summed E-state index contributed by atoms with van der Waals surface area (Å²) in [5.41, 5.74) is 0.845. The molecule has 0 heterocycles. The summed E-state index contributed by atoms with van der Waals surface area (Å²) in [5.74, 6) is 0.191. The van der Waals surface area contributed by atoms with Gasteiger partial charge in [-0.05, 0) is 37.8 Å². The van der Waals surface area contributed by atoms with Gasteiger partial charge in [-0.3, -0.25) is 9.36 Å². The number of amides is 2. The predicted molar refractivity (Wildman–Crippen MR) is 110 cm³/mol. The summed E-state index contributed by atoms with van der Waals surface area (Å²) in [6.45, 7) is 3.89. The quantitative estimate of drug-likeness (QED) is 0.461. The summed E-state index contributed by atoms with van der Waals surface area (Å²) in [4.78, 5) is 24.6. The van der Waals surface area contributed by atoms with Crippen LogP contribution in [0.3, 0.4) is 0 Å². The second-order valence-corrected chi connectivity index (χ2v) is 8.73. The fourth-order valence-corrected chi connectivity index (χ4v) is 4.10. The zero-order valence-corrected chi connectivity index (χ0v) is 18.2. The van der Waals surface area contributed by atoms with Crippen LogP contribution >= 0.6 is 19.4 Å². The van der Waals surface area contributed by atoms with Gasteiger partial charge in [0.25, 0.3) is 0 Å². The van der Waals surface area contributed by atoms with Gasteiger partial charge in [0.2, 0.25) is 5.91 Å². The molecule has 0 radical (unpaired) electrons. The summed E-state index contributed by atoms with van der Waals surface area (Å²) in [7, 11) is -3.41. The van der Waals surface area contributed by atoms with Crippen molar-refractivity contribution < 1.29 is 27.9 Å². The van der Waals surface area contributed by atoms with Crippen molar-refractivity contribution in [3.05, 3.63) is 35.9 Å². The van der Waals surface area contributed by atoms with Crippen LogP contribution in [0.1, 0.15) is 25.8 Å². The molecule has 0 spiro atoms. The molecule has 1 aromatic carbocycles. The van der Waals surface area contributed by atoms with Crippen LogP contribution in [0.15, 0.2) is 30.3 Å². The number of alkyl carbamates (subject to hydrolysis) is 1. The van der Waals surface area contributed by atoms with Crippen LogP contribution < -0.4 is 10.6 Å².